The van der Waals surface area contributed by atoms with Crippen LogP contribution in [0.5, 0.6) is 0 Å². The van der Waals surface area contributed by atoms with E-state index in [0.717, 1.165) is 16.6 Å². The van der Waals surface area contributed by atoms with Crippen LogP contribution in [0.3, 0.4) is 0 Å². The monoisotopic (exact) mass is 298 g/mol. The molecule has 106 valence electrons. The van der Waals surface area contributed by atoms with Gasteiger partial charge in [-0.2, -0.15) is 0 Å². The molecule has 0 aliphatic rings. The predicted molar refractivity (Wildman–Crippen MR) is 84.1 cm³/mol. The summed E-state index contributed by atoms with van der Waals surface area (Å²) in [5.74, 6) is 0.257. The minimum Gasteiger partial charge on any atom is -0.384 e. The minimum atomic E-state index is -0.0895. The molecule has 0 aliphatic carbocycles. The number of thiazole rings is 1. The number of hydrogen-bond acceptors (Lipinski definition) is 5. The van der Waals surface area contributed by atoms with E-state index in [9.17, 15) is 4.79 Å². The number of benzene rings is 1. The first-order chi connectivity index (χ1) is 10.1. The Hall–Kier alpha value is -2.47. The van der Waals surface area contributed by atoms with E-state index < -0.39 is 0 Å². The largest absolute Gasteiger partial charge is 0.384 e. The van der Waals surface area contributed by atoms with Gasteiger partial charge in [0, 0.05) is 17.8 Å². The van der Waals surface area contributed by atoms with E-state index >= 15 is 0 Å². The summed E-state index contributed by atoms with van der Waals surface area (Å²) >= 11 is 1.52. The lowest BCUT2D eigenvalue weighted by Gasteiger charge is -2.17. The molecule has 0 radical (unpaired) electrons. The van der Waals surface area contributed by atoms with Gasteiger partial charge in [-0.3, -0.25) is 4.79 Å². The van der Waals surface area contributed by atoms with Gasteiger partial charge in [0.05, 0.1) is 28.8 Å². The number of aromatic nitrogens is 2. The molecule has 21 heavy (non-hydrogen) atoms. The molecular weight excluding hydrogens is 284 g/mol. The van der Waals surface area contributed by atoms with Crippen molar-refractivity contribution >= 4 is 34.0 Å². The van der Waals surface area contributed by atoms with Crippen LogP contribution in [0.1, 0.15) is 16.1 Å². The van der Waals surface area contributed by atoms with Crippen LogP contribution in [-0.4, -0.2) is 27.8 Å². The quantitative estimate of drug-likeness (QED) is 0.806. The van der Waals surface area contributed by atoms with Gasteiger partial charge in [0.25, 0.3) is 5.91 Å². The summed E-state index contributed by atoms with van der Waals surface area (Å²) in [6, 6.07) is 9.12. The average Bonchev–Trinajstić information content (AvgIpc) is 2.98. The Kier molecular flexibility index (Phi) is 3.53. The highest BCUT2D eigenvalue weighted by Gasteiger charge is 2.17. The van der Waals surface area contributed by atoms with Crippen LogP contribution in [0.25, 0.3) is 10.9 Å². The Morgan fingerprint density at radius 1 is 1.38 bits per heavy atom. The van der Waals surface area contributed by atoms with E-state index in [2.05, 4.69) is 9.97 Å². The highest BCUT2D eigenvalue weighted by molar-refractivity contribution is 7.07. The fourth-order valence-corrected chi connectivity index (χ4v) is 2.76. The lowest BCUT2D eigenvalue weighted by atomic mass is 10.1. The van der Waals surface area contributed by atoms with E-state index in [0.29, 0.717) is 17.9 Å². The highest BCUT2D eigenvalue weighted by Crippen LogP contribution is 2.21. The number of pyridine rings is 1. The van der Waals surface area contributed by atoms with Gasteiger partial charge in [-0.25, -0.2) is 9.97 Å². The molecule has 0 bridgehead atoms. The van der Waals surface area contributed by atoms with Crippen LogP contribution < -0.4 is 5.73 Å². The molecule has 3 rings (SSSR count). The number of hydrogen-bond donors (Lipinski definition) is 1. The Morgan fingerprint density at radius 2 is 2.19 bits per heavy atom. The van der Waals surface area contributed by atoms with E-state index in [1.807, 2.05) is 29.6 Å². The van der Waals surface area contributed by atoms with E-state index in [1.165, 1.54) is 11.3 Å². The second kappa shape index (κ2) is 5.49. The van der Waals surface area contributed by atoms with Gasteiger partial charge in [-0.1, -0.05) is 18.2 Å². The number of carbonyl (C=O) groups is 1. The zero-order chi connectivity index (χ0) is 14.8. The highest BCUT2D eigenvalue weighted by atomic mass is 32.1. The van der Waals surface area contributed by atoms with E-state index in [4.69, 9.17) is 5.73 Å². The van der Waals surface area contributed by atoms with Crippen molar-refractivity contribution in [1.82, 2.24) is 14.9 Å². The first kappa shape index (κ1) is 13.5. The van der Waals surface area contributed by atoms with Crippen LogP contribution in [0.15, 0.2) is 41.2 Å². The van der Waals surface area contributed by atoms with Crippen molar-refractivity contribution in [3.63, 3.8) is 0 Å². The van der Waals surface area contributed by atoms with Crippen LogP contribution in [-0.2, 0) is 6.54 Å². The number of para-hydroxylation sites is 1. The van der Waals surface area contributed by atoms with Crippen molar-refractivity contribution < 1.29 is 4.79 Å². The Bertz CT molecular complexity index is 785. The fraction of sp³-hybridized carbons (Fsp3) is 0.133. The van der Waals surface area contributed by atoms with E-state index in [-0.39, 0.29) is 5.91 Å². The van der Waals surface area contributed by atoms with Crippen molar-refractivity contribution in [2.24, 2.45) is 0 Å². The molecule has 2 N–H and O–H groups in total. The lowest BCUT2D eigenvalue weighted by molar-refractivity contribution is 0.0785. The number of nitrogens with two attached hydrogens (primary N) is 1. The van der Waals surface area contributed by atoms with Crippen LogP contribution in [0.2, 0.25) is 0 Å². The van der Waals surface area contributed by atoms with E-state index in [1.54, 1.807) is 23.5 Å². The Balaban J connectivity index is 1.97. The number of nitrogens with zero attached hydrogens (tertiary/aromatic N) is 3. The summed E-state index contributed by atoms with van der Waals surface area (Å²) in [5, 5.41) is 2.74. The van der Waals surface area contributed by atoms with Gasteiger partial charge in [0.2, 0.25) is 0 Å². The zero-order valence-corrected chi connectivity index (χ0v) is 12.3. The zero-order valence-electron chi connectivity index (χ0n) is 11.5. The molecule has 0 spiro atoms. The maximum Gasteiger partial charge on any atom is 0.254 e. The fourth-order valence-electron chi connectivity index (χ4n) is 2.21. The van der Waals surface area contributed by atoms with Crippen LogP contribution in [0.4, 0.5) is 5.82 Å². The molecule has 1 aromatic carbocycles. The molecule has 0 fully saturated rings. The van der Waals surface area contributed by atoms with Gasteiger partial charge in [-0.05, 0) is 12.1 Å². The Labute approximate surface area is 126 Å². The summed E-state index contributed by atoms with van der Waals surface area (Å²) < 4.78 is 0. The summed E-state index contributed by atoms with van der Waals surface area (Å²) in [5.41, 5.74) is 9.73. The number of carbonyl (C=O) groups excluding carboxylic acids is 1. The molecule has 3 aromatic rings. The molecule has 6 heteroatoms. The maximum atomic E-state index is 12.7. The number of fused-ring (bicyclic) bond motifs is 1. The third kappa shape index (κ3) is 2.71. The summed E-state index contributed by atoms with van der Waals surface area (Å²) in [6.45, 7) is 0.471. The molecule has 0 unspecified atom stereocenters. The summed E-state index contributed by atoms with van der Waals surface area (Å²) in [7, 11) is 1.76. The molecule has 0 saturated heterocycles. The van der Waals surface area contributed by atoms with Crippen molar-refractivity contribution in [1.29, 1.82) is 0 Å². The molecule has 0 aliphatic heterocycles. The predicted octanol–water partition coefficient (Wildman–Crippen LogP) is 2.55. The van der Waals surface area contributed by atoms with Crippen molar-refractivity contribution in [3.8, 4) is 0 Å². The minimum absolute atomic E-state index is 0.0895. The lowest BCUT2D eigenvalue weighted by Crippen LogP contribution is -2.26. The molecule has 0 saturated carbocycles. The Morgan fingerprint density at radius 3 is 2.95 bits per heavy atom. The molecule has 1 amide bonds. The SMILES string of the molecule is CN(Cc1cscn1)C(=O)c1cc(N)nc2ccccc12. The normalized spacial score (nSPS) is 10.7. The van der Waals surface area contributed by atoms with Crippen molar-refractivity contribution in [2.45, 2.75) is 6.54 Å². The number of amides is 1. The second-order valence-electron chi connectivity index (χ2n) is 4.75. The maximum absolute atomic E-state index is 12.7. The average molecular weight is 298 g/mol. The molecule has 2 heterocycles. The van der Waals surface area contributed by atoms with Gasteiger partial charge in [0.1, 0.15) is 5.82 Å². The van der Waals surface area contributed by atoms with Gasteiger partial charge in [0.15, 0.2) is 0 Å². The van der Waals surface area contributed by atoms with Crippen LogP contribution in [0, 0.1) is 0 Å². The van der Waals surface area contributed by atoms with Gasteiger partial charge < -0.3 is 10.6 Å². The number of nitrogen functional groups attached to an aromatic ring is 1. The first-order valence-corrected chi connectivity index (χ1v) is 7.37. The molecule has 2 aromatic heterocycles. The van der Waals surface area contributed by atoms with Gasteiger partial charge in [-0.15, -0.1) is 11.3 Å². The van der Waals surface area contributed by atoms with Crippen molar-refractivity contribution in [2.75, 3.05) is 12.8 Å². The third-order valence-electron chi connectivity index (χ3n) is 3.20. The topological polar surface area (TPSA) is 72.1 Å². The number of anilines is 1. The second-order valence-corrected chi connectivity index (χ2v) is 5.47. The first-order valence-electron chi connectivity index (χ1n) is 6.43. The smallest absolute Gasteiger partial charge is 0.254 e. The summed E-state index contributed by atoms with van der Waals surface area (Å²) in [6.07, 6.45) is 0. The van der Waals surface area contributed by atoms with Gasteiger partial charge >= 0.3 is 0 Å². The summed E-state index contributed by atoms with van der Waals surface area (Å²) in [4.78, 5) is 22.7. The van der Waals surface area contributed by atoms with Crippen molar-refractivity contribution in [3.05, 3.63) is 52.5 Å². The molecule has 0 atom stereocenters. The third-order valence-corrected chi connectivity index (χ3v) is 3.83. The number of rotatable bonds is 3. The molecule has 5 nitrogen and oxygen atoms in total. The van der Waals surface area contributed by atoms with Crippen LogP contribution >= 0.6 is 11.3 Å². The molecular formula is C15H14N4OS. The standard InChI is InChI=1S/C15H14N4OS/c1-19(7-10-8-21-9-17-10)15(20)12-6-14(16)18-13-5-3-2-4-11(12)13/h2-6,8-9H,7H2,1H3,(H2,16,18).